The van der Waals surface area contributed by atoms with Crippen LogP contribution in [0.15, 0.2) is 35.3 Å². The fourth-order valence-corrected chi connectivity index (χ4v) is 2.29. The zero-order valence-corrected chi connectivity index (χ0v) is 13.5. The topological polar surface area (TPSA) is 84.2 Å². The summed E-state index contributed by atoms with van der Waals surface area (Å²) >= 11 is 1.11. The molecule has 0 bridgehead atoms. The summed E-state index contributed by atoms with van der Waals surface area (Å²) in [5.74, 6) is -1.77. The van der Waals surface area contributed by atoms with Crippen molar-refractivity contribution in [1.29, 1.82) is 5.26 Å². The monoisotopic (exact) mass is 387 g/mol. The van der Waals surface area contributed by atoms with Crippen molar-refractivity contribution in [2.45, 2.75) is 13.2 Å². The number of nitriles is 1. The minimum Gasteiger partial charge on any atom is -0.435 e. The molecule has 0 aliphatic rings. The summed E-state index contributed by atoms with van der Waals surface area (Å²) in [6, 6.07) is 4.59. The summed E-state index contributed by atoms with van der Waals surface area (Å²) in [7, 11) is 0. The lowest BCUT2D eigenvalue weighted by Crippen LogP contribution is -2.13. The van der Waals surface area contributed by atoms with Crippen molar-refractivity contribution in [2.75, 3.05) is 5.32 Å². The summed E-state index contributed by atoms with van der Waals surface area (Å²) in [6.07, 6.45) is 2.42. The van der Waals surface area contributed by atoms with E-state index in [1.807, 2.05) is 0 Å². The maximum Gasteiger partial charge on any atom is 0.387 e. The second kappa shape index (κ2) is 8.82. The number of nitrogens with one attached hydrogen (secondary N) is 1. The molecule has 1 amide bonds. The van der Waals surface area contributed by atoms with Crippen molar-refractivity contribution in [3.05, 3.63) is 40.9 Å². The highest BCUT2D eigenvalue weighted by Crippen LogP contribution is 2.29. The first-order valence-corrected chi connectivity index (χ1v) is 7.63. The van der Waals surface area contributed by atoms with Gasteiger partial charge in [-0.1, -0.05) is 0 Å². The molecule has 0 radical (unpaired) electrons. The first kappa shape index (κ1) is 19.2. The van der Waals surface area contributed by atoms with Crippen LogP contribution in [-0.4, -0.2) is 24.1 Å². The van der Waals surface area contributed by atoms with Gasteiger partial charge in [0.2, 0.25) is 0 Å². The Balaban J connectivity index is 2.32. The molecule has 0 saturated heterocycles. The van der Waals surface area contributed by atoms with E-state index in [1.54, 1.807) is 11.4 Å². The predicted molar refractivity (Wildman–Crippen MR) is 84.0 cm³/mol. The fourth-order valence-electron chi connectivity index (χ4n) is 1.76. The van der Waals surface area contributed by atoms with E-state index in [-0.39, 0.29) is 10.7 Å². The Hall–Kier alpha value is -3.13. The summed E-state index contributed by atoms with van der Waals surface area (Å²) < 4.78 is 57.9. The van der Waals surface area contributed by atoms with Crippen LogP contribution in [-0.2, 0) is 4.79 Å². The van der Waals surface area contributed by atoms with Crippen molar-refractivity contribution >= 4 is 28.5 Å². The lowest BCUT2D eigenvalue weighted by molar-refractivity contribution is -0.112. The largest absolute Gasteiger partial charge is 0.435 e. The molecule has 1 aromatic heterocycles. The number of alkyl halides is 4. The molecule has 1 N–H and O–H groups in total. The number of rotatable bonds is 7. The van der Waals surface area contributed by atoms with Crippen LogP contribution in [0, 0.1) is 11.3 Å². The van der Waals surface area contributed by atoms with E-state index in [4.69, 9.17) is 5.26 Å². The zero-order chi connectivity index (χ0) is 19.1. The SMILES string of the molecule is N#C/C(=C\c1ccc(OC(F)F)cc1OC(F)F)C(=O)Nc1nccs1. The smallest absolute Gasteiger partial charge is 0.387 e. The van der Waals surface area contributed by atoms with E-state index in [2.05, 4.69) is 19.8 Å². The summed E-state index contributed by atoms with van der Waals surface area (Å²) in [5.41, 5.74) is -0.528. The third-order valence-electron chi connectivity index (χ3n) is 2.74. The number of hydrogen-bond donors (Lipinski definition) is 1. The average Bonchev–Trinajstić information content (AvgIpc) is 3.06. The van der Waals surface area contributed by atoms with E-state index >= 15 is 0 Å². The van der Waals surface area contributed by atoms with Gasteiger partial charge in [0.25, 0.3) is 5.91 Å². The molecule has 0 aliphatic carbocycles. The first-order chi connectivity index (χ1) is 12.4. The van der Waals surface area contributed by atoms with Gasteiger partial charge in [0.15, 0.2) is 5.13 Å². The Bertz CT molecular complexity index is 835. The molecule has 6 nitrogen and oxygen atoms in total. The van der Waals surface area contributed by atoms with Gasteiger partial charge in [-0.05, 0) is 18.2 Å². The van der Waals surface area contributed by atoms with Crippen LogP contribution in [0.25, 0.3) is 6.08 Å². The lowest BCUT2D eigenvalue weighted by atomic mass is 10.1. The molecule has 0 fully saturated rings. The second-order valence-electron chi connectivity index (χ2n) is 4.42. The van der Waals surface area contributed by atoms with Crippen LogP contribution in [0.2, 0.25) is 0 Å². The van der Waals surface area contributed by atoms with Crippen LogP contribution in [0.4, 0.5) is 22.7 Å². The van der Waals surface area contributed by atoms with Crippen molar-refractivity contribution in [3.8, 4) is 17.6 Å². The minimum absolute atomic E-state index is 0.0993. The van der Waals surface area contributed by atoms with Gasteiger partial charge in [0.05, 0.1) is 0 Å². The number of nitrogens with zero attached hydrogens (tertiary/aromatic N) is 2. The molecule has 0 spiro atoms. The van der Waals surface area contributed by atoms with Gasteiger partial charge in [-0.25, -0.2) is 4.98 Å². The highest BCUT2D eigenvalue weighted by molar-refractivity contribution is 7.13. The Kier molecular flexibility index (Phi) is 6.51. The Morgan fingerprint density at radius 3 is 2.58 bits per heavy atom. The summed E-state index contributed by atoms with van der Waals surface area (Å²) in [6.45, 7) is -6.41. The Labute approximate surface area is 148 Å². The van der Waals surface area contributed by atoms with Crippen molar-refractivity contribution < 1.29 is 31.8 Å². The van der Waals surface area contributed by atoms with Crippen molar-refractivity contribution in [1.82, 2.24) is 4.98 Å². The number of thiazole rings is 1. The van der Waals surface area contributed by atoms with Crippen molar-refractivity contribution in [3.63, 3.8) is 0 Å². The lowest BCUT2D eigenvalue weighted by Gasteiger charge is -2.11. The quantitative estimate of drug-likeness (QED) is 0.443. The van der Waals surface area contributed by atoms with Gasteiger partial charge in [-0.15, -0.1) is 11.3 Å². The molecule has 0 atom stereocenters. The Morgan fingerprint density at radius 1 is 1.27 bits per heavy atom. The van der Waals surface area contributed by atoms with Crippen LogP contribution < -0.4 is 14.8 Å². The van der Waals surface area contributed by atoms with E-state index in [0.717, 1.165) is 35.6 Å². The maximum atomic E-state index is 12.5. The molecule has 1 heterocycles. The number of amides is 1. The number of carbonyl (C=O) groups is 1. The molecule has 0 aliphatic heterocycles. The van der Waals surface area contributed by atoms with Gasteiger partial charge >= 0.3 is 13.2 Å². The van der Waals surface area contributed by atoms with Gasteiger partial charge in [0.1, 0.15) is 23.1 Å². The van der Waals surface area contributed by atoms with Crippen LogP contribution in [0.5, 0.6) is 11.5 Å². The van der Waals surface area contributed by atoms with Crippen LogP contribution >= 0.6 is 11.3 Å². The summed E-state index contributed by atoms with van der Waals surface area (Å²) in [5, 5.41) is 13.3. The first-order valence-electron chi connectivity index (χ1n) is 6.75. The third kappa shape index (κ3) is 5.45. The third-order valence-corrected chi connectivity index (χ3v) is 3.43. The molecule has 136 valence electrons. The fraction of sp³-hybridized carbons (Fsp3) is 0.133. The predicted octanol–water partition coefficient (Wildman–Crippen LogP) is 3.89. The van der Waals surface area contributed by atoms with Gasteiger partial charge in [-0.3, -0.25) is 10.1 Å². The number of carbonyl (C=O) groups excluding carboxylic acids is 1. The molecule has 11 heteroatoms. The number of ether oxygens (including phenoxy) is 2. The average molecular weight is 387 g/mol. The number of aromatic nitrogens is 1. The van der Waals surface area contributed by atoms with Crippen LogP contribution in [0.3, 0.4) is 0 Å². The molecule has 1 aromatic carbocycles. The summed E-state index contributed by atoms with van der Waals surface area (Å²) in [4.78, 5) is 15.9. The van der Waals surface area contributed by atoms with Crippen molar-refractivity contribution in [2.24, 2.45) is 0 Å². The van der Waals surface area contributed by atoms with Gasteiger partial charge < -0.3 is 9.47 Å². The molecular weight excluding hydrogens is 378 g/mol. The molecule has 2 aromatic rings. The standard InChI is InChI=1S/C15H9F4N3O3S/c16-13(17)24-10-2-1-8(11(6-10)25-14(18)19)5-9(7-20)12(23)22-15-21-3-4-26-15/h1-6,13-14H,(H,21,22,23)/b9-5+. The van der Waals surface area contributed by atoms with Crippen LogP contribution in [0.1, 0.15) is 5.56 Å². The molecule has 0 saturated carbocycles. The zero-order valence-electron chi connectivity index (χ0n) is 12.7. The Morgan fingerprint density at radius 2 is 2.00 bits per heavy atom. The van der Waals surface area contributed by atoms with E-state index in [0.29, 0.717) is 0 Å². The van der Waals surface area contributed by atoms with Gasteiger partial charge in [0, 0.05) is 23.2 Å². The maximum absolute atomic E-state index is 12.5. The number of hydrogen-bond acceptors (Lipinski definition) is 6. The van der Waals surface area contributed by atoms with Gasteiger partial charge in [-0.2, -0.15) is 22.8 Å². The molecular formula is C15H9F4N3O3S. The molecule has 0 unspecified atom stereocenters. The normalized spacial score (nSPS) is 11.3. The highest BCUT2D eigenvalue weighted by Gasteiger charge is 2.16. The minimum atomic E-state index is -3.25. The van der Waals surface area contributed by atoms with E-state index < -0.39 is 36.2 Å². The molecule has 26 heavy (non-hydrogen) atoms. The number of anilines is 1. The van der Waals surface area contributed by atoms with E-state index in [9.17, 15) is 22.4 Å². The number of halogens is 4. The number of benzene rings is 1. The second-order valence-corrected chi connectivity index (χ2v) is 5.31. The molecule has 2 rings (SSSR count). The highest BCUT2D eigenvalue weighted by atomic mass is 32.1. The van der Waals surface area contributed by atoms with E-state index in [1.165, 1.54) is 6.20 Å².